The zero-order valence-electron chi connectivity index (χ0n) is 9.14. The van der Waals surface area contributed by atoms with Crippen molar-refractivity contribution in [2.24, 2.45) is 0 Å². The van der Waals surface area contributed by atoms with Crippen LogP contribution < -0.4 is 5.32 Å². The third-order valence-electron chi connectivity index (χ3n) is 2.01. The van der Waals surface area contributed by atoms with Crippen LogP contribution in [0.3, 0.4) is 0 Å². The summed E-state index contributed by atoms with van der Waals surface area (Å²) >= 11 is 3.56. The molecule has 2 rings (SSSR count). The normalized spacial score (nSPS) is 10.3. The standard InChI is InChI=1S/C12H14N2S2/c1-10-9-14-12(16-10)13-7-8-15-11-5-3-2-4-6-11/h2-6,9H,7-8H2,1H3,(H,13,14). The number of nitrogens with one attached hydrogen (secondary N) is 1. The molecule has 0 radical (unpaired) electrons. The van der Waals surface area contributed by atoms with Gasteiger partial charge >= 0.3 is 0 Å². The predicted molar refractivity (Wildman–Crippen MR) is 72.5 cm³/mol. The van der Waals surface area contributed by atoms with E-state index in [1.165, 1.54) is 9.77 Å². The summed E-state index contributed by atoms with van der Waals surface area (Å²) in [6.45, 7) is 3.02. The van der Waals surface area contributed by atoms with Crippen LogP contribution in [-0.4, -0.2) is 17.3 Å². The maximum atomic E-state index is 4.26. The third kappa shape index (κ3) is 3.54. The first kappa shape index (κ1) is 11.5. The first-order valence-corrected chi connectivity index (χ1v) is 6.99. The van der Waals surface area contributed by atoms with Crippen LogP contribution in [0.1, 0.15) is 4.88 Å². The monoisotopic (exact) mass is 250 g/mol. The highest BCUT2D eigenvalue weighted by molar-refractivity contribution is 7.99. The van der Waals surface area contributed by atoms with E-state index in [4.69, 9.17) is 0 Å². The van der Waals surface area contributed by atoms with Gasteiger partial charge in [0.05, 0.1) is 0 Å². The van der Waals surface area contributed by atoms with Crippen LogP contribution in [0.5, 0.6) is 0 Å². The molecule has 0 saturated carbocycles. The smallest absolute Gasteiger partial charge is 0.182 e. The van der Waals surface area contributed by atoms with E-state index in [-0.39, 0.29) is 0 Å². The fourth-order valence-corrected chi connectivity index (χ4v) is 2.76. The molecule has 0 unspecified atom stereocenters. The summed E-state index contributed by atoms with van der Waals surface area (Å²) < 4.78 is 0. The van der Waals surface area contributed by atoms with E-state index in [1.54, 1.807) is 11.3 Å². The molecule has 1 heterocycles. The van der Waals surface area contributed by atoms with Gasteiger partial charge in [0.1, 0.15) is 0 Å². The van der Waals surface area contributed by atoms with Crippen molar-refractivity contribution in [1.29, 1.82) is 0 Å². The average molecular weight is 250 g/mol. The Morgan fingerprint density at radius 3 is 2.81 bits per heavy atom. The molecule has 2 nitrogen and oxygen atoms in total. The van der Waals surface area contributed by atoms with Crippen molar-refractivity contribution in [1.82, 2.24) is 4.98 Å². The molecule has 0 fully saturated rings. The fourth-order valence-electron chi connectivity index (χ4n) is 1.28. The van der Waals surface area contributed by atoms with Crippen molar-refractivity contribution in [2.75, 3.05) is 17.6 Å². The SMILES string of the molecule is Cc1cnc(NCCSc2ccccc2)s1. The lowest BCUT2D eigenvalue weighted by Gasteiger charge is -2.02. The fraction of sp³-hybridized carbons (Fsp3) is 0.250. The number of hydrogen-bond donors (Lipinski definition) is 1. The van der Waals surface area contributed by atoms with Gasteiger partial charge in [0.2, 0.25) is 0 Å². The van der Waals surface area contributed by atoms with Crippen LogP contribution >= 0.6 is 23.1 Å². The Hall–Kier alpha value is -1.00. The number of aromatic nitrogens is 1. The van der Waals surface area contributed by atoms with Gasteiger partial charge in [0.15, 0.2) is 5.13 Å². The molecule has 84 valence electrons. The second kappa shape index (κ2) is 5.92. The largest absolute Gasteiger partial charge is 0.361 e. The number of rotatable bonds is 5. The van der Waals surface area contributed by atoms with Crippen LogP contribution in [0.4, 0.5) is 5.13 Å². The molecule has 0 aliphatic heterocycles. The van der Waals surface area contributed by atoms with Gasteiger partial charge in [-0.3, -0.25) is 0 Å². The number of nitrogens with zero attached hydrogens (tertiary/aromatic N) is 1. The molecule has 0 bridgehead atoms. The van der Waals surface area contributed by atoms with Crippen LogP contribution in [0.2, 0.25) is 0 Å². The summed E-state index contributed by atoms with van der Waals surface area (Å²) in [6.07, 6.45) is 1.90. The molecule has 0 aliphatic rings. The molecule has 16 heavy (non-hydrogen) atoms. The van der Waals surface area contributed by atoms with E-state index in [0.717, 1.165) is 17.4 Å². The molecule has 4 heteroatoms. The highest BCUT2D eigenvalue weighted by Crippen LogP contribution is 2.18. The van der Waals surface area contributed by atoms with Crippen LogP contribution in [0.25, 0.3) is 0 Å². The van der Waals surface area contributed by atoms with Crippen molar-refractivity contribution < 1.29 is 0 Å². The average Bonchev–Trinajstić information content (AvgIpc) is 2.72. The molecule has 0 saturated heterocycles. The van der Waals surface area contributed by atoms with Crippen LogP contribution in [0, 0.1) is 6.92 Å². The number of benzene rings is 1. The number of thiazole rings is 1. The van der Waals surface area contributed by atoms with Crippen molar-refractivity contribution in [3.05, 3.63) is 41.4 Å². The molecule has 0 aliphatic carbocycles. The second-order valence-electron chi connectivity index (χ2n) is 3.36. The van der Waals surface area contributed by atoms with Gasteiger partial charge in [-0.15, -0.1) is 23.1 Å². The molecule has 2 aromatic rings. The Kier molecular flexibility index (Phi) is 4.25. The van der Waals surface area contributed by atoms with Crippen molar-refractivity contribution in [3.63, 3.8) is 0 Å². The van der Waals surface area contributed by atoms with Gasteiger partial charge in [0.25, 0.3) is 0 Å². The van der Waals surface area contributed by atoms with Gasteiger partial charge in [-0.25, -0.2) is 4.98 Å². The van der Waals surface area contributed by atoms with Crippen LogP contribution in [0.15, 0.2) is 41.4 Å². The Morgan fingerprint density at radius 1 is 1.31 bits per heavy atom. The minimum atomic E-state index is 0.951. The summed E-state index contributed by atoms with van der Waals surface area (Å²) in [5.41, 5.74) is 0. The highest BCUT2D eigenvalue weighted by atomic mass is 32.2. The van der Waals surface area contributed by atoms with E-state index < -0.39 is 0 Å². The minimum absolute atomic E-state index is 0.951. The number of aryl methyl sites for hydroxylation is 1. The quantitative estimate of drug-likeness (QED) is 0.647. The Morgan fingerprint density at radius 2 is 2.12 bits per heavy atom. The van der Waals surface area contributed by atoms with Crippen molar-refractivity contribution in [2.45, 2.75) is 11.8 Å². The molecule has 0 amide bonds. The Labute approximate surface area is 104 Å². The highest BCUT2D eigenvalue weighted by Gasteiger charge is 1.97. The predicted octanol–water partition coefficient (Wildman–Crippen LogP) is 3.66. The lowest BCUT2D eigenvalue weighted by Crippen LogP contribution is -2.03. The van der Waals surface area contributed by atoms with Gasteiger partial charge < -0.3 is 5.32 Å². The lowest BCUT2D eigenvalue weighted by molar-refractivity contribution is 1.20. The van der Waals surface area contributed by atoms with E-state index in [9.17, 15) is 0 Å². The summed E-state index contributed by atoms with van der Waals surface area (Å²) in [5.74, 6) is 1.06. The zero-order chi connectivity index (χ0) is 11.2. The van der Waals surface area contributed by atoms with Gasteiger partial charge in [-0.1, -0.05) is 18.2 Å². The maximum absolute atomic E-state index is 4.26. The molecular weight excluding hydrogens is 236 g/mol. The summed E-state index contributed by atoms with van der Waals surface area (Å²) in [6, 6.07) is 10.5. The van der Waals surface area contributed by atoms with Gasteiger partial charge in [0, 0.05) is 28.3 Å². The summed E-state index contributed by atoms with van der Waals surface area (Å²) in [7, 11) is 0. The lowest BCUT2D eigenvalue weighted by atomic mass is 10.4. The molecule has 1 aromatic carbocycles. The second-order valence-corrected chi connectivity index (χ2v) is 5.77. The van der Waals surface area contributed by atoms with Crippen molar-refractivity contribution in [3.8, 4) is 0 Å². The number of anilines is 1. The van der Waals surface area contributed by atoms with E-state index in [1.807, 2.05) is 24.0 Å². The van der Waals surface area contributed by atoms with Gasteiger partial charge in [-0.05, 0) is 19.1 Å². The number of thioether (sulfide) groups is 1. The topological polar surface area (TPSA) is 24.9 Å². The van der Waals surface area contributed by atoms with Crippen LogP contribution in [-0.2, 0) is 0 Å². The Bertz CT molecular complexity index is 426. The van der Waals surface area contributed by atoms with E-state index in [0.29, 0.717) is 0 Å². The van der Waals surface area contributed by atoms with Crippen molar-refractivity contribution >= 4 is 28.2 Å². The maximum Gasteiger partial charge on any atom is 0.182 e. The molecule has 1 aromatic heterocycles. The molecule has 0 atom stereocenters. The molecular formula is C12H14N2S2. The first-order chi connectivity index (χ1) is 7.84. The van der Waals surface area contributed by atoms with E-state index >= 15 is 0 Å². The minimum Gasteiger partial charge on any atom is -0.361 e. The van der Waals surface area contributed by atoms with E-state index in [2.05, 4.69) is 41.5 Å². The zero-order valence-corrected chi connectivity index (χ0v) is 10.8. The van der Waals surface area contributed by atoms with Gasteiger partial charge in [-0.2, -0.15) is 0 Å². The number of hydrogen-bond acceptors (Lipinski definition) is 4. The molecule has 0 spiro atoms. The summed E-state index contributed by atoms with van der Waals surface area (Å²) in [5, 5.41) is 4.34. The molecule has 1 N–H and O–H groups in total. The Balaban J connectivity index is 1.69. The summed E-state index contributed by atoms with van der Waals surface area (Å²) in [4.78, 5) is 6.83. The third-order valence-corrected chi connectivity index (χ3v) is 3.90. The first-order valence-electron chi connectivity index (χ1n) is 5.19.